The van der Waals surface area contributed by atoms with Crippen molar-refractivity contribution in [3.63, 3.8) is 0 Å². The van der Waals surface area contributed by atoms with Crippen molar-refractivity contribution in [3.8, 4) is 5.75 Å². The maximum atomic E-state index is 10.9. The third-order valence-electron chi connectivity index (χ3n) is 3.36. The number of carbonyl (C=O) groups is 1. The number of hydrogen-bond acceptors (Lipinski definition) is 2. The van der Waals surface area contributed by atoms with Crippen LogP contribution in [-0.2, 0) is 4.79 Å². The lowest BCUT2D eigenvalue weighted by atomic mass is 9.86. The molecule has 0 saturated carbocycles. The topological polar surface area (TPSA) is 46.5 Å². The first-order valence-electron chi connectivity index (χ1n) is 6.95. The molecule has 0 aliphatic carbocycles. The third kappa shape index (κ3) is 4.27. The summed E-state index contributed by atoms with van der Waals surface area (Å²) in [5.74, 6) is 0.223. The van der Waals surface area contributed by atoms with E-state index in [1.807, 2.05) is 32.9 Å². The van der Waals surface area contributed by atoms with E-state index >= 15 is 0 Å². The molecule has 0 aromatic heterocycles. The Morgan fingerprint density at radius 1 is 1.26 bits per heavy atom. The van der Waals surface area contributed by atoms with E-state index in [9.17, 15) is 4.79 Å². The van der Waals surface area contributed by atoms with Gasteiger partial charge in [0.25, 0.3) is 0 Å². The van der Waals surface area contributed by atoms with E-state index in [4.69, 9.17) is 9.84 Å². The van der Waals surface area contributed by atoms with Crippen molar-refractivity contribution in [3.05, 3.63) is 28.8 Å². The summed E-state index contributed by atoms with van der Waals surface area (Å²) in [5, 5.41) is 9.00. The third-order valence-corrected chi connectivity index (χ3v) is 3.36. The van der Waals surface area contributed by atoms with E-state index in [0.29, 0.717) is 6.61 Å². The van der Waals surface area contributed by atoms with Gasteiger partial charge in [-0.1, -0.05) is 13.8 Å². The second-order valence-corrected chi connectivity index (χ2v) is 5.02. The monoisotopic (exact) mass is 264 g/mol. The van der Waals surface area contributed by atoms with Crippen LogP contribution >= 0.6 is 0 Å². The van der Waals surface area contributed by atoms with Gasteiger partial charge in [-0.05, 0) is 61.4 Å². The van der Waals surface area contributed by atoms with Gasteiger partial charge in [-0.2, -0.15) is 0 Å². The average molecular weight is 264 g/mol. The van der Waals surface area contributed by atoms with E-state index in [1.165, 1.54) is 0 Å². The number of benzene rings is 1. The molecule has 0 spiro atoms. The van der Waals surface area contributed by atoms with Crippen molar-refractivity contribution in [2.75, 3.05) is 6.61 Å². The summed E-state index contributed by atoms with van der Waals surface area (Å²) in [6, 6.07) is 4.03. The molecule has 0 saturated heterocycles. The molecule has 19 heavy (non-hydrogen) atoms. The molecule has 1 aromatic carbocycles. The Labute approximate surface area is 115 Å². The van der Waals surface area contributed by atoms with E-state index in [0.717, 1.165) is 35.3 Å². The Bertz CT molecular complexity index is 415. The lowest BCUT2D eigenvalue weighted by Gasteiger charge is -2.20. The second kappa shape index (κ2) is 7.17. The molecule has 0 aliphatic heterocycles. The van der Waals surface area contributed by atoms with Gasteiger partial charge in [-0.15, -0.1) is 0 Å². The van der Waals surface area contributed by atoms with Crippen LogP contribution in [0.5, 0.6) is 5.75 Å². The lowest BCUT2D eigenvalue weighted by molar-refractivity contribution is -0.137. The van der Waals surface area contributed by atoms with E-state index < -0.39 is 5.97 Å². The molecular weight excluding hydrogens is 240 g/mol. The van der Waals surface area contributed by atoms with Crippen molar-refractivity contribution < 1.29 is 14.6 Å². The quantitative estimate of drug-likeness (QED) is 0.807. The van der Waals surface area contributed by atoms with Crippen LogP contribution in [0.1, 0.15) is 55.7 Å². The van der Waals surface area contributed by atoms with E-state index in [1.54, 1.807) is 0 Å². The van der Waals surface area contributed by atoms with Crippen LogP contribution in [0.3, 0.4) is 0 Å². The van der Waals surface area contributed by atoms with Crippen LogP contribution in [-0.4, -0.2) is 17.7 Å². The van der Waals surface area contributed by atoms with Crippen molar-refractivity contribution in [1.82, 2.24) is 0 Å². The number of ether oxygens (including phenoxy) is 1. The van der Waals surface area contributed by atoms with Crippen molar-refractivity contribution in [1.29, 1.82) is 0 Å². The van der Waals surface area contributed by atoms with Gasteiger partial charge >= 0.3 is 5.97 Å². The lowest BCUT2D eigenvalue weighted by Crippen LogP contribution is -2.09. The average Bonchev–Trinajstić information content (AvgIpc) is 2.33. The maximum Gasteiger partial charge on any atom is 0.303 e. The first-order chi connectivity index (χ1) is 8.99. The molecular formula is C16H24O3. The zero-order chi connectivity index (χ0) is 14.4. The van der Waals surface area contributed by atoms with E-state index in [-0.39, 0.29) is 12.3 Å². The van der Waals surface area contributed by atoms with Crippen molar-refractivity contribution in [2.24, 2.45) is 0 Å². The van der Waals surface area contributed by atoms with Gasteiger partial charge < -0.3 is 9.84 Å². The maximum absolute atomic E-state index is 10.9. The van der Waals surface area contributed by atoms with Gasteiger partial charge in [0.2, 0.25) is 0 Å². The normalized spacial score (nSPS) is 12.2. The molecule has 0 heterocycles. The highest BCUT2D eigenvalue weighted by Crippen LogP contribution is 2.32. The highest BCUT2D eigenvalue weighted by atomic mass is 16.5. The Balaban J connectivity index is 3.03. The van der Waals surface area contributed by atoms with Crippen LogP contribution in [0.25, 0.3) is 0 Å². The molecule has 0 aliphatic rings. The SMILES string of the molecule is CCCOc1cc(C)c(C(CC)CC(=O)O)c(C)c1. The van der Waals surface area contributed by atoms with Crippen LogP contribution in [0.15, 0.2) is 12.1 Å². The van der Waals surface area contributed by atoms with E-state index in [2.05, 4.69) is 6.92 Å². The summed E-state index contributed by atoms with van der Waals surface area (Å²) in [4.78, 5) is 10.9. The van der Waals surface area contributed by atoms with Gasteiger partial charge in [0.15, 0.2) is 0 Å². The minimum Gasteiger partial charge on any atom is -0.494 e. The smallest absolute Gasteiger partial charge is 0.303 e. The summed E-state index contributed by atoms with van der Waals surface area (Å²) in [6.45, 7) is 8.89. The van der Waals surface area contributed by atoms with Crippen molar-refractivity contribution in [2.45, 2.75) is 52.9 Å². The minimum atomic E-state index is -0.739. The molecule has 1 rings (SSSR count). The largest absolute Gasteiger partial charge is 0.494 e. The van der Waals surface area contributed by atoms with Gasteiger partial charge in [-0.3, -0.25) is 4.79 Å². The van der Waals surface area contributed by atoms with Crippen molar-refractivity contribution >= 4 is 5.97 Å². The van der Waals surface area contributed by atoms with Crippen LogP contribution < -0.4 is 4.74 Å². The molecule has 3 nitrogen and oxygen atoms in total. The standard InChI is InChI=1S/C16H24O3/c1-5-7-19-14-8-11(3)16(12(4)9-14)13(6-2)10-15(17)18/h8-9,13H,5-7,10H2,1-4H3,(H,17,18). The molecule has 0 radical (unpaired) electrons. The highest BCUT2D eigenvalue weighted by Gasteiger charge is 2.18. The summed E-state index contributed by atoms with van der Waals surface area (Å²) in [6.07, 6.45) is 2.01. The summed E-state index contributed by atoms with van der Waals surface area (Å²) in [7, 11) is 0. The van der Waals surface area contributed by atoms with Gasteiger partial charge in [0.1, 0.15) is 5.75 Å². The Kier molecular flexibility index (Phi) is 5.87. The van der Waals surface area contributed by atoms with Gasteiger partial charge in [0, 0.05) is 0 Å². The number of aliphatic carboxylic acids is 1. The molecule has 0 amide bonds. The molecule has 1 atom stereocenters. The molecule has 0 fully saturated rings. The number of aryl methyl sites for hydroxylation is 2. The fraction of sp³-hybridized carbons (Fsp3) is 0.562. The predicted molar refractivity (Wildman–Crippen MR) is 77.0 cm³/mol. The second-order valence-electron chi connectivity index (χ2n) is 5.02. The molecule has 0 bridgehead atoms. The fourth-order valence-corrected chi connectivity index (χ4v) is 2.54. The molecule has 3 heteroatoms. The predicted octanol–water partition coefficient (Wildman–Crippen LogP) is 4.06. The summed E-state index contributed by atoms with van der Waals surface area (Å²) in [5.41, 5.74) is 3.41. The summed E-state index contributed by atoms with van der Waals surface area (Å²) >= 11 is 0. The molecule has 1 aromatic rings. The van der Waals surface area contributed by atoms with Crippen LogP contribution in [0.2, 0.25) is 0 Å². The molecule has 1 N–H and O–H groups in total. The fourth-order valence-electron chi connectivity index (χ4n) is 2.54. The summed E-state index contributed by atoms with van der Waals surface area (Å²) < 4.78 is 5.65. The minimum absolute atomic E-state index is 0.0812. The molecule has 106 valence electrons. The van der Waals surface area contributed by atoms with Crippen LogP contribution in [0.4, 0.5) is 0 Å². The number of hydrogen-bond donors (Lipinski definition) is 1. The first kappa shape index (κ1) is 15.5. The molecule has 1 unspecified atom stereocenters. The Morgan fingerprint density at radius 3 is 2.26 bits per heavy atom. The first-order valence-corrected chi connectivity index (χ1v) is 6.95. The highest BCUT2D eigenvalue weighted by molar-refractivity contribution is 5.68. The van der Waals surface area contributed by atoms with Gasteiger partial charge in [-0.25, -0.2) is 0 Å². The zero-order valence-corrected chi connectivity index (χ0v) is 12.3. The zero-order valence-electron chi connectivity index (χ0n) is 12.3. The Hall–Kier alpha value is -1.51. The number of rotatable bonds is 7. The van der Waals surface area contributed by atoms with Crippen LogP contribution in [0, 0.1) is 13.8 Å². The Morgan fingerprint density at radius 2 is 1.84 bits per heavy atom. The number of carboxylic acids is 1. The number of carboxylic acid groups (broad SMARTS) is 1. The van der Waals surface area contributed by atoms with Gasteiger partial charge in [0.05, 0.1) is 13.0 Å².